The molecule has 1 aromatic carbocycles. The van der Waals surface area contributed by atoms with Gasteiger partial charge in [0.15, 0.2) is 0 Å². The van der Waals surface area contributed by atoms with Gasteiger partial charge in [0.1, 0.15) is 0 Å². The Balaban J connectivity index is 2.12. The van der Waals surface area contributed by atoms with Crippen molar-refractivity contribution >= 4 is 45.1 Å². The highest BCUT2D eigenvalue weighted by Gasteiger charge is 2.37. The molecule has 2 unspecified atom stereocenters. The Morgan fingerprint density at radius 1 is 1.32 bits per heavy atom. The fourth-order valence-corrected chi connectivity index (χ4v) is 2.91. The van der Waals surface area contributed by atoms with E-state index in [0.717, 1.165) is 10.9 Å². The number of carboxylic acids is 1. The molecule has 4 nitrogen and oxygen atoms in total. The average molecular weight is 347 g/mol. The highest BCUT2D eigenvalue weighted by molar-refractivity contribution is 9.10. The Kier molecular flexibility index (Phi) is 4.47. The summed E-state index contributed by atoms with van der Waals surface area (Å²) in [6.45, 7) is 0. The van der Waals surface area contributed by atoms with Gasteiger partial charge in [0.05, 0.1) is 17.5 Å². The number of rotatable bonds is 3. The van der Waals surface area contributed by atoms with Gasteiger partial charge < -0.3 is 10.4 Å². The van der Waals surface area contributed by atoms with Crippen molar-refractivity contribution in [2.45, 2.75) is 19.3 Å². The van der Waals surface area contributed by atoms with Gasteiger partial charge in [0.2, 0.25) is 5.91 Å². The molecule has 6 heteroatoms. The van der Waals surface area contributed by atoms with Crippen molar-refractivity contribution in [2.24, 2.45) is 11.8 Å². The first-order valence-electron chi connectivity index (χ1n) is 5.98. The summed E-state index contributed by atoms with van der Waals surface area (Å²) in [6, 6.07) is 5.08. The van der Waals surface area contributed by atoms with Crippen LogP contribution in [0.15, 0.2) is 22.7 Å². The molecule has 1 aromatic rings. The second kappa shape index (κ2) is 5.92. The molecule has 0 aromatic heterocycles. The summed E-state index contributed by atoms with van der Waals surface area (Å²) in [6.07, 6.45) is 1.94. The maximum absolute atomic E-state index is 12.2. The van der Waals surface area contributed by atoms with Crippen LogP contribution < -0.4 is 5.32 Å². The molecule has 1 saturated carbocycles. The van der Waals surface area contributed by atoms with Crippen LogP contribution in [0.3, 0.4) is 0 Å². The number of carbonyl (C=O) groups excluding carboxylic acids is 1. The number of carbonyl (C=O) groups is 2. The highest BCUT2D eigenvalue weighted by atomic mass is 79.9. The van der Waals surface area contributed by atoms with Gasteiger partial charge in [-0.15, -0.1) is 0 Å². The van der Waals surface area contributed by atoms with E-state index in [-0.39, 0.29) is 5.91 Å². The van der Waals surface area contributed by atoms with Crippen LogP contribution in [0.5, 0.6) is 0 Å². The summed E-state index contributed by atoms with van der Waals surface area (Å²) in [7, 11) is 0. The maximum Gasteiger partial charge on any atom is 0.307 e. The zero-order valence-electron chi connectivity index (χ0n) is 10.0. The van der Waals surface area contributed by atoms with Crippen LogP contribution in [0.2, 0.25) is 5.02 Å². The summed E-state index contributed by atoms with van der Waals surface area (Å²) < 4.78 is 0.718. The number of hydrogen-bond donors (Lipinski definition) is 2. The molecule has 1 amide bonds. The second-order valence-corrected chi connectivity index (χ2v) is 5.89. The first-order valence-corrected chi connectivity index (χ1v) is 7.15. The van der Waals surface area contributed by atoms with E-state index in [4.69, 9.17) is 16.7 Å². The average Bonchev–Trinajstić information content (AvgIpc) is 2.83. The van der Waals surface area contributed by atoms with E-state index in [1.54, 1.807) is 18.2 Å². The molecular formula is C13H13BrClNO3. The van der Waals surface area contributed by atoms with Crippen LogP contribution in [0.1, 0.15) is 19.3 Å². The summed E-state index contributed by atoms with van der Waals surface area (Å²) in [5.41, 5.74) is 0.563. The van der Waals surface area contributed by atoms with Crippen molar-refractivity contribution in [1.29, 1.82) is 0 Å². The minimum Gasteiger partial charge on any atom is -0.481 e. The largest absolute Gasteiger partial charge is 0.481 e. The minimum atomic E-state index is -0.900. The van der Waals surface area contributed by atoms with Gasteiger partial charge in [-0.3, -0.25) is 9.59 Å². The fraction of sp³-hybridized carbons (Fsp3) is 0.385. The molecule has 0 aliphatic heterocycles. The third-order valence-corrected chi connectivity index (χ3v) is 4.28. The molecule has 2 rings (SSSR count). The van der Waals surface area contributed by atoms with Crippen LogP contribution in [0, 0.1) is 11.8 Å². The molecular weight excluding hydrogens is 334 g/mol. The number of carboxylic acid groups (broad SMARTS) is 1. The van der Waals surface area contributed by atoms with Gasteiger partial charge in [0.25, 0.3) is 0 Å². The summed E-state index contributed by atoms with van der Waals surface area (Å²) in [5, 5.41) is 12.3. The monoisotopic (exact) mass is 345 g/mol. The SMILES string of the molecule is O=C(O)C1CCCC1C(=O)Nc1cc(Cl)ccc1Br. The Morgan fingerprint density at radius 2 is 2.00 bits per heavy atom. The summed E-state index contributed by atoms with van der Waals surface area (Å²) in [5.74, 6) is -2.21. The first kappa shape index (κ1) is 14.3. The number of halogens is 2. The molecule has 0 spiro atoms. The van der Waals surface area contributed by atoms with Gasteiger partial charge in [0, 0.05) is 9.50 Å². The number of hydrogen-bond acceptors (Lipinski definition) is 2. The Morgan fingerprint density at radius 3 is 2.68 bits per heavy atom. The number of anilines is 1. The molecule has 1 fully saturated rings. The molecule has 1 aliphatic carbocycles. The van der Waals surface area contributed by atoms with E-state index in [0.29, 0.717) is 23.6 Å². The lowest BCUT2D eigenvalue weighted by atomic mass is 9.95. The Hall–Kier alpha value is -1.07. The van der Waals surface area contributed by atoms with E-state index in [1.807, 2.05) is 0 Å². The van der Waals surface area contributed by atoms with Gasteiger partial charge in [-0.05, 0) is 47.0 Å². The molecule has 1 aliphatic rings. The van der Waals surface area contributed by atoms with Crippen LogP contribution >= 0.6 is 27.5 Å². The molecule has 102 valence electrons. The minimum absolute atomic E-state index is 0.257. The lowest BCUT2D eigenvalue weighted by Crippen LogP contribution is -2.30. The molecule has 0 bridgehead atoms. The van der Waals surface area contributed by atoms with Crippen molar-refractivity contribution in [3.63, 3.8) is 0 Å². The van der Waals surface area contributed by atoms with Gasteiger partial charge in [-0.2, -0.15) is 0 Å². The van der Waals surface area contributed by atoms with Crippen molar-refractivity contribution in [1.82, 2.24) is 0 Å². The third-order valence-electron chi connectivity index (χ3n) is 3.36. The number of amides is 1. The molecule has 0 radical (unpaired) electrons. The number of benzene rings is 1. The highest BCUT2D eigenvalue weighted by Crippen LogP contribution is 2.34. The zero-order valence-corrected chi connectivity index (χ0v) is 12.4. The normalized spacial score (nSPS) is 22.2. The predicted molar refractivity (Wildman–Crippen MR) is 76.2 cm³/mol. The van der Waals surface area contributed by atoms with Gasteiger partial charge in [-0.1, -0.05) is 18.0 Å². The predicted octanol–water partition coefficient (Wildman–Crippen LogP) is 3.54. The van der Waals surface area contributed by atoms with Gasteiger partial charge >= 0.3 is 5.97 Å². The Bertz CT molecular complexity index is 521. The van der Waals surface area contributed by atoms with E-state index in [9.17, 15) is 9.59 Å². The van der Waals surface area contributed by atoms with Crippen LogP contribution in [0.25, 0.3) is 0 Å². The number of nitrogens with one attached hydrogen (secondary N) is 1. The molecule has 0 saturated heterocycles. The van der Waals surface area contributed by atoms with Crippen molar-refractivity contribution in [3.05, 3.63) is 27.7 Å². The van der Waals surface area contributed by atoms with Gasteiger partial charge in [-0.25, -0.2) is 0 Å². The standard InChI is InChI=1S/C13H13BrClNO3/c14-10-5-4-7(15)6-11(10)16-12(17)8-2-1-3-9(8)13(18)19/h4-6,8-9H,1-3H2,(H,16,17)(H,18,19). The number of aliphatic carboxylic acids is 1. The summed E-state index contributed by atoms with van der Waals surface area (Å²) in [4.78, 5) is 23.2. The third kappa shape index (κ3) is 3.28. The van der Waals surface area contributed by atoms with Crippen LogP contribution in [-0.4, -0.2) is 17.0 Å². The van der Waals surface area contributed by atoms with Crippen molar-refractivity contribution < 1.29 is 14.7 Å². The Labute approximate surface area is 124 Å². The smallest absolute Gasteiger partial charge is 0.307 e. The molecule has 0 heterocycles. The second-order valence-electron chi connectivity index (χ2n) is 4.60. The van der Waals surface area contributed by atoms with E-state index in [2.05, 4.69) is 21.2 Å². The van der Waals surface area contributed by atoms with E-state index in [1.165, 1.54) is 0 Å². The molecule has 2 N–H and O–H groups in total. The quantitative estimate of drug-likeness (QED) is 0.879. The topological polar surface area (TPSA) is 66.4 Å². The lowest BCUT2D eigenvalue weighted by Gasteiger charge is -2.16. The lowest BCUT2D eigenvalue weighted by molar-refractivity contribution is -0.145. The maximum atomic E-state index is 12.2. The van der Waals surface area contributed by atoms with Crippen LogP contribution in [-0.2, 0) is 9.59 Å². The zero-order chi connectivity index (χ0) is 14.0. The van der Waals surface area contributed by atoms with E-state index >= 15 is 0 Å². The van der Waals surface area contributed by atoms with Crippen molar-refractivity contribution in [3.8, 4) is 0 Å². The first-order chi connectivity index (χ1) is 8.99. The fourth-order valence-electron chi connectivity index (χ4n) is 2.39. The van der Waals surface area contributed by atoms with Crippen molar-refractivity contribution in [2.75, 3.05) is 5.32 Å². The molecule has 19 heavy (non-hydrogen) atoms. The molecule has 2 atom stereocenters. The van der Waals surface area contributed by atoms with Crippen LogP contribution in [0.4, 0.5) is 5.69 Å². The van der Waals surface area contributed by atoms with E-state index < -0.39 is 17.8 Å². The summed E-state index contributed by atoms with van der Waals surface area (Å²) >= 11 is 9.19.